The summed E-state index contributed by atoms with van der Waals surface area (Å²) < 4.78 is 1.15. The van der Waals surface area contributed by atoms with E-state index in [0.717, 1.165) is 10.9 Å². The van der Waals surface area contributed by atoms with Gasteiger partial charge in [0.2, 0.25) is 0 Å². The molecule has 2 unspecified atom stereocenters. The summed E-state index contributed by atoms with van der Waals surface area (Å²) in [5.74, 6) is 0. The molecule has 0 heterocycles. The van der Waals surface area contributed by atoms with E-state index in [9.17, 15) is 0 Å². The van der Waals surface area contributed by atoms with Crippen molar-refractivity contribution in [3.05, 3.63) is 33.8 Å². The van der Waals surface area contributed by atoms with Gasteiger partial charge in [0.05, 0.1) is 0 Å². The summed E-state index contributed by atoms with van der Waals surface area (Å²) in [6, 6.07) is 7.16. The molecule has 0 spiro atoms. The molecule has 2 nitrogen and oxygen atoms in total. The zero-order valence-electron chi connectivity index (χ0n) is 10.3. The second-order valence-corrected chi connectivity index (χ2v) is 5.13. The fourth-order valence-electron chi connectivity index (χ4n) is 1.65. The van der Waals surface area contributed by atoms with Crippen molar-refractivity contribution in [2.45, 2.75) is 39.3 Å². The van der Waals surface area contributed by atoms with Crippen LogP contribution in [-0.2, 0) is 0 Å². The van der Waals surface area contributed by atoms with Gasteiger partial charge >= 0.3 is 0 Å². The van der Waals surface area contributed by atoms with Crippen molar-refractivity contribution in [2.75, 3.05) is 6.54 Å². The second-order valence-electron chi connectivity index (χ2n) is 4.27. The Morgan fingerprint density at radius 3 is 2.62 bits per heavy atom. The predicted octanol–water partition coefficient (Wildman–Crippen LogP) is 3.15. The highest BCUT2D eigenvalue weighted by Crippen LogP contribution is 2.21. The Labute approximate surface area is 107 Å². The van der Waals surface area contributed by atoms with Crippen LogP contribution in [0.1, 0.15) is 37.4 Å². The maximum absolute atomic E-state index is 5.82. The van der Waals surface area contributed by atoms with E-state index in [2.05, 4.69) is 60.2 Å². The lowest BCUT2D eigenvalue weighted by atomic mass is 10.0. The summed E-state index contributed by atoms with van der Waals surface area (Å²) >= 11 is 3.51. The van der Waals surface area contributed by atoms with Crippen molar-refractivity contribution in [3.8, 4) is 0 Å². The molecule has 0 bridgehead atoms. The van der Waals surface area contributed by atoms with Gasteiger partial charge in [0.15, 0.2) is 0 Å². The van der Waals surface area contributed by atoms with Crippen LogP contribution in [-0.4, -0.2) is 12.6 Å². The van der Waals surface area contributed by atoms with Gasteiger partial charge < -0.3 is 11.1 Å². The van der Waals surface area contributed by atoms with Crippen LogP contribution in [0.15, 0.2) is 22.7 Å². The highest BCUT2D eigenvalue weighted by atomic mass is 79.9. The maximum atomic E-state index is 5.82. The van der Waals surface area contributed by atoms with Crippen LogP contribution in [0.2, 0.25) is 0 Å². The molecule has 2 atom stereocenters. The van der Waals surface area contributed by atoms with Crippen LogP contribution in [0.3, 0.4) is 0 Å². The topological polar surface area (TPSA) is 38.0 Å². The SMILES string of the molecule is CCC(C)NC(CN)c1ccc(Br)c(C)c1. The Bertz CT molecular complexity index is 339. The third kappa shape index (κ3) is 3.58. The lowest BCUT2D eigenvalue weighted by Gasteiger charge is -2.22. The minimum atomic E-state index is 0.252. The number of benzene rings is 1. The minimum absolute atomic E-state index is 0.252. The van der Waals surface area contributed by atoms with Crippen LogP contribution < -0.4 is 11.1 Å². The Balaban J connectivity index is 2.82. The van der Waals surface area contributed by atoms with Crippen molar-refractivity contribution in [1.29, 1.82) is 0 Å². The molecule has 1 rings (SSSR count). The Hall–Kier alpha value is -0.380. The largest absolute Gasteiger partial charge is 0.329 e. The average molecular weight is 285 g/mol. The summed E-state index contributed by atoms with van der Waals surface area (Å²) in [6.07, 6.45) is 1.12. The molecule has 0 aliphatic heterocycles. The van der Waals surface area contributed by atoms with Crippen molar-refractivity contribution in [2.24, 2.45) is 5.73 Å². The van der Waals surface area contributed by atoms with E-state index in [0.29, 0.717) is 12.6 Å². The van der Waals surface area contributed by atoms with Gasteiger partial charge in [-0.25, -0.2) is 0 Å². The Kier molecular flexibility index (Phi) is 5.46. The zero-order valence-corrected chi connectivity index (χ0v) is 11.8. The van der Waals surface area contributed by atoms with E-state index in [1.54, 1.807) is 0 Å². The normalized spacial score (nSPS) is 14.8. The lowest BCUT2D eigenvalue weighted by Crippen LogP contribution is -2.34. The molecule has 16 heavy (non-hydrogen) atoms. The molecule has 0 aliphatic carbocycles. The van der Waals surface area contributed by atoms with E-state index in [1.807, 2.05) is 0 Å². The van der Waals surface area contributed by atoms with E-state index in [4.69, 9.17) is 5.73 Å². The maximum Gasteiger partial charge on any atom is 0.0446 e. The van der Waals surface area contributed by atoms with Crippen LogP contribution in [0.4, 0.5) is 0 Å². The molecule has 0 fully saturated rings. The lowest BCUT2D eigenvalue weighted by molar-refractivity contribution is 0.452. The fourth-order valence-corrected chi connectivity index (χ4v) is 1.89. The van der Waals surface area contributed by atoms with Crippen molar-refractivity contribution in [1.82, 2.24) is 5.32 Å². The van der Waals surface area contributed by atoms with Gasteiger partial charge in [0, 0.05) is 23.1 Å². The van der Waals surface area contributed by atoms with Gasteiger partial charge in [-0.1, -0.05) is 35.0 Å². The summed E-state index contributed by atoms with van der Waals surface area (Å²) in [5.41, 5.74) is 8.34. The average Bonchev–Trinajstić information content (AvgIpc) is 2.29. The summed E-state index contributed by atoms with van der Waals surface area (Å²) in [4.78, 5) is 0. The number of hydrogen-bond donors (Lipinski definition) is 2. The van der Waals surface area contributed by atoms with Gasteiger partial charge in [0.25, 0.3) is 0 Å². The van der Waals surface area contributed by atoms with Crippen molar-refractivity contribution < 1.29 is 0 Å². The van der Waals surface area contributed by atoms with Gasteiger partial charge in [0.1, 0.15) is 0 Å². The number of halogens is 1. The first-order chi connectivity index (χ1) is 7.58. The van der Waals surface area contributed by atoms with Crippen molar-refractivity contribution in [3.63, 3.8) is 0 Å². The Morgan fingerprint density at radius 1 is 1.44 bits per heavy atom. The van der Waals surface area contributed by atoms with Gasteiger partial charge in [-0.3, -0.25) is 0 Å². The number of aryl methyl sites for hydroxylation is 1. The third-order valence-electron chi connectivity index (χ3n) is 2.92. The summed E-state index contributed by atoms with van der Waals surface area (Å²) in [7, 11) is 0. The molecule has 1 aromatic carbocycles. The Morgan fingerprint density at radius 2 is 2.12 bits per heavy atom. The first kappa shape index (κ1) is 13.7. The molecule has 3 heteroatoms. The van der Waals surface area contributed by atoms with E-state index in [-0.39, 0.29) is 6.04 Å². The van der Waals surface area contributed by atoms with E-state index in [1.165, 1.54) is 11.1 Å². The molecule has 0 saturated heterocycles. The minimum Gasteiger partial charge on any atom is -0.329 e. The number of hydrogen-bond acceptors (Lipinski definition) is 2. The molecule has 0 radical (unpaired) electrons. The van der Waals surface area contributed by atoms with Crippen LogP contribution in [0.5, 0.6) is 0 Å². The standard InChI is InChI=1S/C13H21BrN2/c1-4-10(3)16-13(8-15)11-5-6-12(14)9(2)7-11/h5-7,10,13,16H,4,8,15H2,1-3H3. The monoisotopic (exact) mass is 284 g/mol. The smallest absolute Gasteiger partial charge is 0.0446 e. The molecule has 0 saturated carbocycles. The number of nitrogens with two attached hydrogens (primary N) is 1. The molecule has 1 aromatic rings. The number of rotatable bonds is 5. The highest BCUT2D eigenvalue weighted by molar-refractivity contribution is 9.10. The quantitative estimate of drug-likeness (QED) is 0.872. The molecule has 0 aliphatic rings. The van der Waals surface area contributed by atoms with Crippen LogP contribution in [0.25, 0.3) is 0 Å². The molecule has 90 valence electrons. The zero-order chi connectivity index (χ0) is 12.1. The van der Waals surface area contributed by atoms with E-state index >= 15 is 0 Å². The molecular weight excluding hydrogens is 264 g/mol. The van der Waals surface area contributed by atoms with Gasteiger partial charge in [-0.2, -0.15) is 0 Å². The molecule has 0 amide bonds. The summed E-state index contributed by atoms with van der Waals surface area (Å²) in [6.45, 7) is 7.10. The van der Waals surface area contributed by atoms with Gasteiger partial charge in [-0.15, -0.1) is 0 Å². The van der Waals surface area contributed by atoms with Crippen LogP contribution >= 0.6 is 15.9 Å². The number of nitrogens with one attached hydrogen (secondary N) is 1. The first-order valence-electron chi connectivity index (χ1n) is 5.80. The first-order valence-corrected chi connectivity index (χ1v) is 6.60. The van der Waals surface area contributed by atoms with Crippen molar-refractivity contribution >= 4 is 15.9 Å². The molecule has 3 N–H and O–H groups in total. The third-order valence-corrected chi connectivity index (χ3v) is 3.81. The van der Waals surface area contributed by atoms with Gasteiger partial charge in [-0.05, 0) is 37.5 Å². The van der Waals surface area contributed by atoms with E-state index < -0.39 is 0 Å². The second kappa shape index (κ2) is 6.38. The summed E-state index contributed by atoms with van der Waals surface area (Å²) in [5, 5.41) is 3.54. The van der Waals surface area contributed by atoms with Crippen LogP contribution in [0, 0.1) is 6.92 Å². The highest BCUT2D eigenvalue weighted by Gasteiger charge is 2.12. The predicted molar refractivity (Wildman–Crippen MR) is 73.6 cm³/mol. The fraction of sp³-hybridized carbons (Fsp3) is 0.538. The molecule has 0 aromatic heterocycles. The molecular formula is C13H21BrN2.